The highest BCUT2D eigenvalue weighted by atomic mass is 15.1. The van der Waals surface area contributed by atoms with Crippen molar-refractivity contribution in [3.05, 3.63) is 6.92 Å². The highest BCUT2D eigenvalue weighted by Gasteiger charge is 2.13. The van der Waals surface area contributed by atoms with Gasteiger partial charge in [0.1, 0.15) is 0 Å². The van der Waals surface area contributed by atoms with Gasteiger partial charge in [-0.1, -0.05) is 6.92 Å². The molecule has 0 aromatic carbocycles. The molecule has 53 valence electrons. The zero-order valence-corrected chi connectivity index (χ0v) is 5.98. The van der Waals surface area contributed by atoms with Gasteiger partial charge in [0.05, 0.1) is 0 Å². The maximum absolute atomic E-state index is 3.83. The van der Waals surface area contributed by atoms with Crippen LogP contribution in [0.5, 0.6) is 0 Å². The Hall–Kier alpha value is -0.0800. The van der Waals surface area contributed by atoms with Crippen LogP contribution < -0.4 is 10.6 Å². The quantitative estimate of drug-likeness (QED) is 0.524. The molecule has 1 heterocycles. The zero-order valence-electron chi connectivity index (χ0n) is 5.98. The zero-order chi connectivity index (χ0) is 6.69. The summed E-state index contributed by atoms with van der Waals surface area (Å²) >= 11 is 0. The summed E-state index contributed by atoms with van der Waals surface area (Å²) in [5.41, 5.74) is 0. The number of rotatable bonds is 1. The second-order valence-corrected chi connectivity index (χ2v) is 2.70. The molecule has 2 unspecified atom stereocenters. The SMILES string of the molecule is [CH2]CC1CNC(C)CN1. The molecule has 0 bridgehead atoms. The molecule has 1 aliphatic rings. The fraction of sp³-hybridized carbons (Fsp3) is 0.857. The van der Waals surface area contributed by atoms with Crippen LogP contribution in [0.3, 0.4) is 0 Å². The molecule has 0 spiro atoms. The van der Waals surface area contributed by atoms with Crippen LogP contribution in [0.4, 0.5) is 0 Å². The van der Waals surface area contributed by atoms with Gasteiger partial charge in [-0.05, 0) is 13.3 Å². The molecule has 2 nitrogen and oxygen atoms in total. The summed E-state index contributed by atoms with van der Waals surface area (Å²) < 4.78 is 0. The van der Waals surface area contributed by atoms with Crippen molar-refractivity contribution in [1.29, 1.82) is 0 Å². The smallest absolute Gasteiger partial charge is 0.0193 e. The molecule has 0 aliphatic carbocycles. The van der Waals surface area contributed by atoms with Crippen LogP contribution in [0.25, 0.3) is 0 Å². The van der Waals surface area contributed by atoms with E-state index in [1.807, 2.05) is 0 Å². The third-order valence-corrected chi connectivity index (χ3v) is 1.77. The molecule has 1 aliphatic heterocycles. The van der Waals surface area contributed by atoms with E-state index in [4.69, 9.17) is 0 Å². The van der Waals surface area contributed by atoms with E-state index >= 15 is 0 Å². The summed E-state index contributed by atoms with van der Waals surface area (Å²) in [6, 6.07) is 1.23. The Morgan fingerprint density at radius 1 is 1.44 bits per heavy atom. The first-order chi connectivity index (χ1) is 4.33. The molecular formula is C7H15N2. The molecule has 2 N–H and O–H groups in total. The first-order valence-corrected chi connectivity index (χ1v) is 3.59. The molecule has 0 amide bonds. The average Bonchev–Trinajstić information content (AvgIpc) is 1.90. The largest absolute Gasteiger partial charge is 0.311 e. The Balaban J connectivity index is 2.18. The van der Waals surface area contributed by atoms with Crippen LogP contribution in [0.1, 0.15) is 13.3 Å². The Bertz CT molecular complexity index is 75.0. The standard InChI is InChI=1S/C7H15N2/c1-3-7-5-8-6(2)4-9-7/h6-9H,1,3-5H2,2H3. The maximum Gasteiger partial charge on any atom is 0.0193 e. The first kappa shape index (κ1) is 7.03. The van der Waals surface area contributed by atoms with Gasteiger partial charge < -0.3 is 10.6 Å². The summed E-state index contributed by atoms with van der Waals surface area (Å²) in [6.07, 6.45) is 0.986. The molecule has 0 aromatic rings. The van der Waals surface area contributed by atoms with Crippen molar-refractivity contribution >= 4 is 0 Å². The number of nitrogens with one attached hydrogen (secondary N) is 2. The monoisotopic (exact) mass is 127 g/mol. The minimum atomic E-state index is 0.598. The molecule has 1 radical (unpaired) electrons. The van der Waals surface area contributed by atoms with Crippen LogP contribution in [-0.4, -0.2) is 25.2 Å². The van der Waals surface area contributed by atoms with Gasteiger partial charge in [-0.25, -0.2) is 0 Å². The summed E-state index contributed by atoms with van der Waals surface area (Å²) in [5.74, 6) is 0. The van der Waals surface area contributed by atoms with Gasteiger partial charge in [0.25, 0.3) is 0 Å². The van der Waals surface area contributed by atoms with E-state index in [2.05, 4.69) is 24.5 Å². The lowest BCUT2D eigenvalue weighted by Gasteiger charge is -2.28. The van der Waals surface area contributed by atoms with Crippen molar-refractivity contribution in [1.82, 2.24) is 10.6 Å². The molecule has 9 heavy (non-hydrogen) atoms. The molecule has 1 rings (SSSR count). The molecular weight excluding hydrogens is 112 g/mol. The van der Waals surface area contributed by atoms with Crippen molar-refractivity contribution in [3.63, 3.8) is 0 Å². The van der Waals surface area contributed by atoms with E-state index in [9.17, 15) is 0 Å². The predicted molar refractivity (Wildman–Crippen MR) is 39.2 cm³/mol. The molecule has 0 saturated carbocycles. The fourth-order valence-corrected chi connectivity index (χ4v) is 1.04. The van der Waals surface area contributed by atoms with Crippen LogP contribution in [0.2, 0.25) is 0 Å². The number of hydrogen-bond acceptors (Lipinski definition) is 2. The van der Waals surface area contributed by atoms with Crippen molar-refractivity contribution in [2.75, 3.05) is 13.1 Å². The molecule has 0 aromatic heterocycles. The van der Waals surface area contributed by atoms with Crippen LogP contribution in [0.15, 0.2) is 0 Å². The van der Waals surface area contributed by atoms with Gasteiger partial charge in [-0.3, -0.25) is 0 Å². The Kier molecular flexibility index (Phi) is 2.49. The van der Waals surface area contributed by atoms with E-state index in [0.29, 0.717) is 12.1 Å². The Morgan fingerprint density at radius 3 is 2.67 bits per heavy atom. The van der Waals surface area contributed by atoms with Crippen LogP contribution in [0, 0.1) is 6.92 Å². The van der Waals surface area contributed by atoms with Crippen molar-refractivity contribution in [3.8, 4) is 0 Å². The second-order valence-electron chi connectivity index (χ2n) is 2.70. The van der Waals surface area contributed by atoms with E-state index in [1.165, 1.54) is 0 Å². The maximum atomic E-state index is 3.83. The highest BCUT2D eigenvalue weighted by Crippen LogP contribution is 1.94. The van der Waals surface area contributed by atoms with E-state index in [1.54, 1.807) is 0 Å². The van der Waals surface area contributed by atoms with Crippen LogP contribution >= 0.6 is 0 Å². The van der Waals surface area contributed by atoms with Crippen LogP contribution in [-0.2, 0) is 0 Å². The fourth-order valence-electron chi connectivity index (χ4n) is 1.04. The summed E-state index contributed by atoms with van der Waals surface area (Å²) in [4.78, 5) is 0. The topological polar surface area (TPSA) is 24.1 Å². The summed E-state index contributed by atoms with van der Waals surface area (Å²) in [5, 5.41) is 6.77. The lowest BCUT2D eigenvalue weighted by molar-refractivity contribution is 0.361. The lowest BCUT2D eigenvalue weighted by Crippen LogP contribution is -2.52. The Labute approximate surface area is 57.0 Å². The molecule has 1 fully saturated rings. The van der Waals surface area contributed by atoms with Gasteiger partial charge in [0, 0.05) is 25.2 Å². The van der Waals surface area contributed by atoms with Crippen molar-refractivity contribution < 1.29 is 0 Å². The van der Waals surface area contributed by atoms with Crippen molar-refractivity contribution in [2.45, 2.75) is 25.4 Å². The Morgan fingerprint density at radius 2 is 2.22 bits per heavy atom. The molecule has 2 heteroatoms. The van der Waals surface area contributed by atoms with E-state index in [-0.39, 0.29) is 0 Å². The van der Waals surface area contributed by atoms with Gasteiger partial charge in [0.2, 0.25) is 0 Å². The second kappa shape index (κ2) is 3.18. The van der Waals surface area contributed by atoms with E-state index in [0.717, 1.165) is 19.5 Å². The van der Waals surface area contributed by atoms with Crippen molar-refractivity contribution in [2.24, 2.45) is 0 Å². The summed E-state index contributed by atoms with van der Waals surface area (Å²) in [6.45, 7) is 8.18. The first-order valence-electron chi connectivity index (χ1n) is 3.59. The number of piperazine rings is 1. The van der Waals surface area contributed by atoms with Gasteiger partial charge >= 0.3 is 0 Å². The van der Waals surface area contributed by atoms with E-state index < -0.39 is 0 Å². The van der Waals surface area contributed by atoms with Gasteiger partial charge in [-0.2, -0.15) is 0 Å². The normalized spacial score (nSPS) is 36.7. The predicted octanol–water partition coefficient (Wildman–Crippen LogP) is 0.160. The highest BCUT2D eigenvalue weighted by molar-refractivity contribution is 4.80. The molecule has 1 saturated heterocycles. The molecule has 2 atom stereocenters. The summed E-state index contributed by atoms with van der Waals surface area (Å²) in [7, 11) is 0. The third kappa shape index (κ3) is 1.95. The third-order valence-electron chi connectivity index (χ3n) is 1.77. The minimum Gasteiger partial charge on any atom is -0.311 e. The minimum absolute atomic E-state index is 0.598. The average molecular weight is 127 g/mol. The number of hydrogen-bond donors (Lipinski definition) is 2. The van der Waals surface area contributed by atoms with Gasteiger partial charge in [0.15, 0.2) is 0 Å². The lowest BCUT2D eigenvalue weighted by atomic mass is 10.1. The van der Waals surface area contributed by atoms with Gasteiger partial charge in [-0.15, -0.1) is 0 Å².